The first-order valence-corrected chi connectivity index (χ1v) is 50.7. The largest absolute Gasteiger partial charge is 0.306 e. The Balaban J connectivity index is 0.000000895. The Labute approximate surface area is 862 Å². The molecule has 0 N–H and O–H groups in total. The molecular formula is C126H154N14O4. The average Bonchev–Trinajstić information content (AvgIpc) is 1.26. The van der Waals surface area contributed by atoms with Crippen LogP contribution in [0.1, 0.15) is 319 Å². The van der Waals surface area contributed by atoms with Gasteiger partial charge in [0.1, 0.15) is 6.33 Å². The maximum atomic E-state index is 12.9. The Kier molecular flexibility index (Phi) is 65.6. The lowest BCUT2D eigenvalue weighted by Gasteiger charge is -2.06. The molecule has 0 spiro atoms. The lowest BCUT2D eigenvalue weighted by atomic mass is 10.0. The van der Waals surface area contributed by atoms with Gasteiger partial charge in [-0.25, -0.2) is 29.9 Å². The summed E-state index contributed by atoms with van der Waals surface area (Å²) in [6.07, 6.45) is 33.0. The van der Waals surface area contributed by atoms with Crippen molar-refractivity contribution in [3.05, 3.63) is 440 Å². The minimum atomic E-state index is 0.0515. The second kappa shape index (κ2) is 74.9. The van der Waals surface area contributed by atoms with Gasteiger partial charge in [0, 0.05) is 190 Å². The fourth-order valence-electron chi connectivity index (χ4n) is 12.6. The third-order valence-electron chi connectivity index (χ3n) is 20.0. The third kappa shape index (κ3) is 42.2. The molecular weight excluding hydrogens is 1770 g/mol. The van der Waals surface area contributed by atoms with Gasteiger partial charge in [0.05, 0.1) is 48.5 Å². The van der Waals surface area contributed by atoms with Crippen molar-refractivity contribution in [1.82, 2.24) is 68.3 Å². The molecule has 16 rings (SSSR count). The molecule has 8 heterocycles. The molecule has 144 heavy (non-hydrogen) atoms. The van der Waals surface area contributed by atoms with E-state index in [1.54, 1.807) is 68.7 Å². The molecule has 0 fully saturated rings. The van der Waals surface area contributed by atoms with Crippen LogP contribution in [0, 0.1) is 103 Å². The molecule has 0 aliphatic rings. The Morgan fingerprint density at radius 1 is 0.250 bits per heavy atom. The highest BCUT2D eigenvalue weighted by atomic mass is 16.1. The summed E-state index contributed by atoms with van der Waals surface area (Å²) in [6, 6.07) is 61.5. The van der Waals surface area contributed by atoms with Crippen molar-refractivity contribution in [2.45, 2.75) is 247 Å². The smallest absolute Gasteiger partial charge is 0.167 e. The van der Waals surface area contributed by atoms with Gasteiger partial charge in [-0.2, -0.15) is 10.2 Å². The van der Waals surface area contributed by atoms with E-state index < -0.39 is 0 Å². The molecule has 0 radical (unpaired) electrons. The highest BCUT2D eigenvalue weighted by Gasteiger charge is 2.15. The second-order valence-electron chi connectivity index (χ2n) is 28.4. The zero-order valence-corrected chi connectivity index (χ0v) is 91.6. The van der Waals surface area contributed by atoms with Gasteiger partial charge >= 0.3 is 0 Å². The van der Waals surface area contributed by atoms with Gasteiger partial charge in [-0.15, -0.1) is 0 Å². The van der Waals surface area contributed by atoms with E-state index in [2.05, 4.69) is 111 Å². The van der Waals surface area contributed by atoms with Crippen LogP contribution in [0.5, 0.6) is 0 Å². The molecule has 16 aromatic rings. The summed E-state index contributed by atoms with van der Waals surface area (Å²) in [4.78, 5) is 84.5. The zero-order valence-electron chi connectivity index (χ0n) is 91.6. The Morgan fingerprint density at radius 3 is 0.833 bits per heavy atom. The van der Waals surface area contributed by atoms with Crippen molar-refractivity contribution >= 4 is 23.1 Å². The maximum absolute atomic E-state index is 12.9. The van der Waals surface area contributed by atoms with Crippen LogP contribution in [-0.4, -0.2) is 91.5 Å². The number of benzene rings is 8. The number of hydrogen-bond acceptors (Lipinski definition) is 14. The minimum absolute atomic E-state index is 0.0515. The van der Waals surface area contributed by atoms with Gasteiger partial charge in [0.15, 0.2) is 23.1 Å². The average molecular weight is 1930 g/mol. The summed E-state index contributed by atoms with van der Waals surface area (Å²) in [5.41, 5.74) is 25.3. The molecule has 0 bridgehead atoms. The summed E-state index contributed by atoms with van der Waals surface area (Å²) < 4.78 is 7.68. The highest BCUT2D eigenvalue weighted by Crippen LogP contribution is 2.22. The predicted octanol–water partition coefficient (Wildman–Crippen LogP) is 29.9. The molecule has 0 saturated heterocycles. The summed E-state index contributed by atoms with van der Waals surface area (Å²) in [7, 11) is 0. The van der Waals surface area contributed by atoms with Crippen molar-refractivity contribution in [1.29, 1.82) is 0 Å². The van der Waals surface area contributed by atoms with Crippen LogP contribution >= 0.6 is 0 Å². The number of aromatic nitrogens is 14. The maximum Gasteiger partial charge on any atom is 0.167 e. The summed E-state index contributed by atoms with van der Waals surface area (Å²) in [5.74, 6) is 25.4. The number of ketones is 4. The molecule has 0 saturated carbocycles. The number of carbonyl (C=O) groups is 4. The van der Waals surface area contributed by atoms with Gasteiger partial charge < -0.3 is 18.3 Å². The molecule has 0 amide bonds. The lowest BCUT2D eigenvalue weighted by molar-refractivity contribution is 0.0984. The van der Waals surface area contributed by atoms with Gasteiger partial charge in [-0.3, -0.25) is 29.1 Å². The van der Waals surface area contributed by atoms with Gasteiger partial charge in [0.2, 0.25) is 0 Å². The van der Waals surface area contributed by atoms with Crippen LogP contribution in [0.4, 0.5) is 0 Å². The van der Waals surface area contributed by atoms with Crippen LogP contribution in [0.15, 0.2) is 306 Å². The zero-order chi connectivity index (χ0) is 108. The van der Waals surface area contributed by atoms with Crippen LogP contribution in [-0.2, 0) is 25.7 Å². The number of rotatable bonds is 16. The highest BCUT2D eigenvalue weighted by molar-refractivity contribution is 6.00. The van der Waals surface area contributed by atoms with E-state index in [1.165, 1.54) is 6.33 Å². The number of pyridine rings is 2. The van der Waals surface area contributed by atoms with E-state index in [0.717, 1.165) is 134 Å². The first-order valence-electron chi connectivity index (χ1n) is 50.7. The van der Waals surface area contributed by atoms with E-state index >= 15 is 0 Å². The van der Waals surface area contributed by atoms with Crippen molar-refractivity contribution in [2.75, 3.05) is 0 Å². The first kappa shape index (κ1) is 126. The molecule has 0 aliphatic carbocycles. The minimum Gasteiger partial charge on any atom is -0.306 e. The number of imidazole rings is 4. The van der Waals surface area contributed by atoms with Crippen molar-refractivity contribution < 1.29 is 19.2 Å². The van der Waals surface area contributed by atoms with Crippen molar-refractivity contribution in [2.24, 2.45) is 0 Å². The van der Waals surface area contributed by atoms with E-state index in [4.69, 9.17) is 0 Å². The quantitative estimate of drug-likeness (QED) is 0.0649. The first-order chi connectivity index (χ1) is 70.4. The van der Waals surface area contributed by atoms with E-state index in [9.17, 15) is 19.2 Å². The Bertz CT molecular complexity index is 6460. The summed E-state index contributed by atoms with van der Waals surface area (Å²) in [6.45, 7) is 64.0. The molecule has 18 nitrogen and oxygen atoms in total. The van der Waals surface area contributed by atoms with E-state index in [1.807, 2.05) is 457 Å². The van der Waals surface area contributed by atoms with Crippen molar-refractivity contribution in [3.8, 4) is 70.1 Å². The van der Waals surface area contributed by atoms with E-state index in [-0.39, 0.29) is 23.1 Å². The van der Waals surface area contributed by atoms with Crippen LogP contribution in [0.2, 0.25) is 0 Å². The van der Waals surface area contributed by atoms with Gasteiger partial charge in [-0.05, 0) is 203 Å². The Morgan fingerprint density at radius 2 is 0.535 bits per heavy atom. The number of carbonyl (C=O) groups excluding carboxylic acids is 4. The monoisotopic (exact) mass is 1930 g/mol. The second-order valence-corrected chi connectivity index (χ2v) is 28.4. The molecule has 0 unspecified atom stereocenters. The normalized spacial score (nSPS) is 9.11. The van der Waals surface area contributed by atoms with Crippen LogP contribution in [0.3, 0.4) is 0 Å². The van der Waals surface area contributed by atoms with Crippen LogP contribution < -0.4 is 0 Å². The number of Topliss-reactive ketones (excluding diaryl/α,β-unsaturated/α-hetero) is 4. The molecule has 8 aromatic carbocycles. The fourth-order valence-corrected chi connectivity index (χ4v) is 12.6. The summed E-state index contributed by atoms with van der Waals surface area (Å²) >= 11 is 0. The fraction of sp³-hybridized carbons (Fsp3) is 0.286. The number of nitrogens with zero attached hydrogens (tertiary/aromatic N) is 14. The molecule has 752 valence electrons. The SMILES string of the molecule is CC.CC.CC.CC.CC.CC.CC.CC.CC.CC.CC.CC.Cc1cncc(C#Cc2cccc(C(=O)Cc3cccc(-n4ccnc4)c3)c2)c1C.Cc1ncc(C#Cc2cccc(C(=O)Cc3cccc(-n4ccnc4)c3)c2)c(C)c1C.Cc1ncncc1C#Cc1cccc(C(=O)Cc2cccc(-n3ccnc3)c2)c1.Cc1nncc(C#Cc2cccc(C(=O)Cc3cccc(-n4ccnc4)c3)c2)c1C. The van der Waals surface area contributed by atoms with Gasteiger partial charge in [0.25, 0.3) is 0 Å². The third-order valence-corrected chi connectivity index (χ3v) is 20.0. The number of hydrogen-bond donors (Lipinski definition) is 0. The van der Waals surface area contributed by atoms with Crippen LogP contribution in [0.25, 0.3) is 22.7 Å². The Hall–Kier alpha value is -16.0. The molecule has 18 heteroatoms. The molecule has 0 atom stereocenters. The number of aryl methyl sites for hydroxylation is 4. The summed E-state index contributed by atoms with van der Waals surface area (Å²) in [5, 5.41) is 7.99. The topological polar surface area (TPSA) is 217 Å². The standard InChI is InChI=1S/C27H23N3O.C26H21N3O.C25H20N4O.C24H18N4O.12C2H6/c1-19-20(2)25(17-29-21(19)3)11-10-22-6-4-8-24(14-22)27(31)16-23-7-5-9-26(15-23)30-13-12-28-18-30;1-19-16-28-17-24(20(19)2)10-9-21-5-3-7-23(13-21)26(30)15-22-6-4-8-25(14-22)29-12-11-27-18-29;1-18-19(2)28-27-16-23(18)10-9-20-5-3-7-22(13-20)25(30)15-21-6-4-8-24(14-21)29-12-11-26-17-29;1-18-22(15-26-16-27-18)9-8-19-4-2-6-21(12-19)24(29)14-20-5-3-7-23(13-20)28-11-10-25-17-28;12*1-2/h4-9,12-15,17-18H,16H2,1-3H3;3-8,11-14,16-18H,15H2,1-2H3;3-8,11-14,16-17H,15H2,1-2H3;2-7,10-13,15-17H,14H2,1H3;12*1-2H3. The van der Waals surface area contributed by atoms with Gasteiger partial charge in [-0.1, -0.05) is 311 Å². The lowest BCUT2D eigenvalue weighted by Crippen LogP contribution is -2.04. The predicted molar refractivity (Wildman–Crippen MR) is 603 cm³/mol. The van der Waals surface area contributed by atoms with E-state index in [0.29, 0.717) is 47.9 Å². The van der Waals surface area contributed by atoms with Crippen molar-refractivity contribution in [3.63, 3.8) is 0 Å². The molecule has 0 aliphatic heterocycles. The molecule has 8 aromatic heterocycles.